The van der Waals surface area contributed by atoms with Gasteiger partial charge in [-0.15, -0.1) is 0 Å². The van der Waals surface area contributed by atoms with Crippen LogP contribution in [-0.4, -0.2) is 44.7 Å². The smallest absolute Gasteiger partial charge is 0.337 e. The second-order valence-electron chi connectivity index (χ2n) is 10.2. The highest BCUT2D eigenvalue weighted by atomic mass is 35.5. The van der Waals surface area contributed by atoms with Gasteiger partial charge in [-0.3, -0.25) is 19.4 Å². The molecule has 3 amide bonds. The third-order valence-corrected chi connectivity index (χ3v) is 7.67. The lowest BCUT2D eigenvalue weighted by atomic mass is 9.88. The highest BCUT2D eigenvalue weighted by Gasteiger charge is 2.36. The van der Waals surface area contributed by atoms with E-state index in [0.717, 1.165) is 32.1 Å². The van der Waals surface area contributed by atoms with Gasteiger partial charge in [-0.1, -0.05) is 43.0 Å². The fraction of sp³-hybridized carbons (Fsp3) is 0.300. The number of carbonyl (C=O) groups excluding carboxylic acids is 3. The van der Waals surface area contributed by atoms with E-state index in [1.165, 1.54) is 17.0 Å². The molecule has 1 fully saturated rings. The number of aromatic carboxylic acids is 1. The van der Waals surface area contributed by atoms with Crippen LogP contribution in [-0.2, 0) is 22.6 Å². The minimum Gasteiger partial charge on any atom is -0.478 e. The molecule has 1 aliphatic heterocycles. The van der Waals surface area contributed by atoms with Crippen molar-refractivity contribution in [3.05, 3.63) is 88.2 Å². The summed E-state index contributed by atoms with van der Waals surface area (Å²) in [5, 5.41) is 15.8. The molecule has 2 heterocycles. The van der Waals surface area contributed by atoms with Crippen molar-refractivity contribution in [3.63, 3.8) is 0 Å². The SMILES string of the molecule is O=C(O)c1ccc(CN2C(=O)c3ccc(Cl)cc3NC(=O)[C@H]2Cc2ccccn2)cc1NC(=O)C1CCCCC1. The van der Waals surface area contributed by atoms with Crippen molar-refractivity contribution in [1.82, 2.24) is 9.88 Å². The Labute approximate surface area is 236 Å². The quantitative estimate of drug-likeness (QED) is 0.366. The molecule has 0 radical (unpaired) electrons. The molecule has 206 valence electrons. The molecule has 0 unspecified atom stereocenters. The standard InChI is InChI=1S/C30H29ClN4O5/c31-20-10-12-22-25(15-20)34-28(37)26(16-21-8-4-5-13-32-21)35(29(22)38)17-18-9-11-23(30(39)40)24(14-18)33-27(36)19-6-2-1-3-7-19/h4-5,8-15,19,26H,1-3,6-7,16-17H2,(H,33,36)(H,34,37)(H,39,40)/t26-/m1/s1. The van der Waals surface area contributed by atoms with Crippen LogP contribution in [0.25, 0.3) is 0 Å². The summed E-state index contributed by atoms with van der Waals surface area (Å²) in [4.78, 5) is 58.0. The van der Waals surface area contributed by atoms with Crippen molar-refractivity contribution in [2.75, 3.05) is 10.6 Å². The number of pyridine rings is 1. The van der Waals surface area contributed by atoms with Crippen LogP contribution in [0.15, 0.2) is 60.8 Å². The van der Waals surface area contributed by atoms with Gasteiger partial charge in [-0.05, 0) is 60.9 Å². The number of carboxylic acids is 1. The molecule has 0 bridgehead atoms. The van der Waals surface area contributed by atoms with Crippen LogP contribution >= 0.6 is 11.6 Å². The van der Waals surface area contributed by atoms with Gasteiger partial charge in [0.2, 0.25) is 11.8 Å². The molecule has 10 heteroatoms. The number of halogens is 1. The first-order chi connectivity index (χ1) is 19.3. The van der Waals surface area contributed by atoms with Gasteiger partial charge in [0, 0.05) is 35.8 Å². The Balaban J connectivity index is 1.49. The van der Waals surface area contributed by atoms with E-state index in [2.05, 4.69) is 15.6 Å². The molecule has 1 saturated carbocycles. The number of hydrogen-bond acceptors (Lipinski definition) is 5. The largest absolute Gasteiger partial charge is 0.478 e. The summed E-state index contributed by atoms with van der Waals surface area (Å²) in [5.41, 5.74) is 1.92. The molecule has 3 N–H and O–H groups in total. The predicted octanol–water partition coefficient (Wildman–Crippen LogP) is 5.16. The Morgan fingerprint density at radius 2 is 1.85 bits per heavy atom. The number of benzene rings is 2. The van der Waals surface area contributed by atoms with Gasteiger partial charge in [0.05, 0.1) is 22.5 Å². The molecule has 2 aliphatic rings. The van der Waals surface area contributed by atoms with Crippen molar-refractivity contribution in [2.24, 2.45) is 5.92 Å². The molecule has 40 heavy (non-hydrogen) atoms. The zero-order valence-electron chi connectivity index (χ0n) is 21.7. The lowest BCUT2D eigenvalue weighted by molar-refractivity contribution is -0.121. The Hall–Kier alpha value is -4.24. The lowest BCUT2D eigenvalue weighted by Crippen LogP contribution is -2.46. The molecule has 1 aliphatic carbocycles. The molecule has 5 rings (SSSR count). The van der Waals surface area contributed by atoms with Crippen LogP contribution in [0, 0.1) is 5.92 Å². The third-order valence-electron chi connectivity index (χ3n) is 7.44. The van der Waals surface area contributed by atoms with Crippen LogP contribution < -0.4 is 10.6 Å². The zero-order valence-corrected chi connectivity index (χ0v) is 22.5. The Kier molecular flexibility index (Phi) is 8.11. The number of nitrogens with zero attached hydrogens (tertiary/aromatic N) is 2. The number of hydrogen-bond donors (Lipinski definition) is 3. The fourth-order valence-electron chi connectivity index (χ4n) is 5.34. The molecule has 3 aromatic rings. The number of rotatable bonds is 7. The van der Waals surface area contributed by atoms with Gasteiger partial charge in [0.15, 0.2) is 0 Å². The second kappa shape index (κ2) is 11.9. The Morgan fingerprint density at radius 1 is 1.05 bits per heavy atom. The summed E-state index contributed by atoms with van der Waals surface area (Å²) < 4.78 is 0. The fourth-order valence-corrected chi connectivity index (χ4v) is 5.51. The van der Waals surface area contributed by atoms with Crippen LogP contribution in [0.5, 0.6) is 0 Å². The molecule has 9 nitrogen and oxygen atoms in total. The summed E-state index contributed by atoms with van der Waals surface area (Å²) in [6.45, 7) is -0.00197. The van der Waals surface area contributed by atoms with Gasteiger partial charge in [-0.2, -0.15) is 0 Å². The van der Waals surface area contributed by atoms with Crippen molar-refractivity contribution in [1.29, 1.82) is 0 Å². The van der Waals surface area contributed by atoms with E-state index in [1.54, 1.807) is 42.6 Å². The zero-order chi connectivity index (χ0) is 28.2. The van der Waals surface area contributed by atoms with Gasteiger partial charge in [0.25, 0.3) is 5.91 Å². The van der Waals surface area contributed by atoms with Gasteiger partial charge in [0.1, 0.15) is 6.04 Å². The molecule has 1 aromatic heterocycles. The maximum absolute atomic E-state index is 13.8. The number of amides is 3. The third kappa shape index (κ3) is 5.99. The van der Waals surface area contributed by atoms with E-state index in [1.807, 2.05) is 6.07 Å². The van der Waals surface area contributed by atoms with E-state index in [0.29, 0.717) is 22.0 Å². The Morgan fingerprint density at radius 3 is 2.58 bits per heavy atom. The monoisotopic (exact) mass is 560 g/mol. The van der Waals surface area contributed by atoms with E-state index < -0.39 is 17.9 Å². The number of carboxylic acid groups (broad SMARTS) is 1. The van der Waals surface area contributed by atoms with Crippen LogP contribution in [0.4, 0.5) is 11.4 Å². The van der Waals surface area contributed by atoms with E-state index in [9.17, 15) is 24.3 Å². The number of aromatic nitrogens is 1. The van der Waals surface area contributed by atoms with Crippen molar-refractivity contribution < 1.29 is 24.3 Å². The minimum absolute atomic E-state index is 0.00197. The topological polar surface area (TPSA) is 129 Å². The number of fused-ring (bicyclic) bond motifs is 1. The Bertz CT molecular complexity index is 1460. The first-order valence-corrected chi connectivity index (χ1v) is 13.7. The number of carbonyl (C=O) groups is 4. The number of anilines is 2. The molecule has 1 atom stereocenters. The molecular formula is C30H29ClN4O5. The first-order valence-electron chi connectivity index (χ1n) is 13.3. The summed E-state index contributed by atoms with van der Waals surface area (Å²) >= 11 is 6.14. The van der Waals surface area contributed by atoms with Crippen LogP contribution in [0.1, 0.15) is 64.1 Å². The summed E-state index contributed by atoms with van der Waals surface area (Å²) in [7, 11) is 0. The molecule has 0 saturated heterocycles. The molecule has 2 aromatic carbocycles. The molecule has 0 spiro atoms. The van der Waals surface area contributed by atoms with E-state index in [4.69, 9.17) is 11.6 Å². The summed E-state index contributed by atoms with van der Waals surface area (Å²) in [6, 6.07) is 13.7. The molecular weight excluding hydrogens is 532 g/mol. The average Bonchev–Trinajstić information content (AvgIpc) is 3.04. The maximum Gasteiger partial charge on any atom is 0.337 e. The van der Waals surface area contributed by atoms with Crippen LogP contribution in [0.3, 0.4) is 0 Å². The minimum atomic E-state index is -1.17. The first kappa shape index (κ1) is 27.3. The van der Waals surface area contributed by atoms with Crippen molar-refractivity contribution in [2.45, 2.75) is 51.1 Å². The highest BCUT2D eigenvalue weighted by molar-refractivity contribution is 6.31. The second-order valence-corrected chi connectivity index (χ2v) is 10.6. The van der Waals surface area contributed by atoms with Crippen molar-refractivity contribution >= 4 is 46.7 Å². The van der Waals surface area contributed by atoms with Crippen LogP contribution in [0.2, 0.25) is 5.02 Å². The van der Waals surface area contributed by atoms with Gasteiger partial charge in [-0.25, -0.2) is 4.79 Å². The predicted molar refractivity (Wildman–Crippen MR) is 150 cm³/mol. The summed E-state index contributed by atoms with van der Waals surface area (Å²) in [5.74, 6) is -2.33. The van der Waals surface area contributed by atoms with Crippen molar-refractivity contribution in [3.8, 4) is 0 Å². The number of nitrogens with one attached hydrogen (secondary N) is 2. The van der Waals surface area contributed by atoms with E-state index in [-0.39, 0.29) is 47.5 Å². The van der Waals surface area contributed by atoms with E-state index >= 15 is 0 Å². The lowest BCUT2D eigenvalue weighted by Gasteiger charge is -2.29. The summed E-state index contributed by atoms with van der Waals surface area (Å²) in [6.07, 6.45) is 6.34. The highest BCUT2D eigenvalue weighted by Crippen LogP contribution is 2.30. The maximum atomic E-state index is 13.8. The van der Waals surface area contributed by atoms with Gasteiger partial charge >= 0.3 is 5.97 Å². The van der Waals surface area contributed by atoms with Gasteiger partial charge < -0.3 is 20.6 Å². The average molecular weight is 561 g/mol. The normalized spacial score (nSPS) is 17.5.